The molecule has 0 bridgehead atoms. The van der Waals surface area contributed by atoms with E-state index in [1.807, 2.05) is 24.3 Å². The van der Waals surface area contributed by atoms with Crippen LogP contribution >= 0.6 is 13.5 Å². The zero-order valence-electron chi connectivity index (χ0n) is 18.1. The zero-order chi connectivity index (χ0) is 23.0. The molecule has 1 aliphatic carbocycles. The Balaban J connectivity index is 0.00000274. The van der Waals surface area contributed by atoms with Gasteiger partial charge < -0.3 is 5.73 Å². The van der Waals surface area contributed by atoms with E-state index in [2.05, 4.69) is 14.7 Å². The van der Waals surface area contributed by atoms with Crippen LogP contribution in [0.15, 0.2) is 84.0 Å². The van der Waals surface area contributed by atoms with Crippen molar-refractivity contribution in [2.24, 2.45) is 0 Å². The lowest BCUT2D eigenvalue weighted by molar-refractivity contribution is 0.554. The van der Waals surface area contributed by atoms with E-state index in [0.717, 1.165) is 17.5 Å². The highest BCUT2D eigenvalue weighted by Crippen LogP contribution is 2.35. The fourth-order valence-corrected chi connectivity index (χ4v) is 5.72. The highest BCUT2D eigenvalue weighted by atomic mass is 32.2. The molecule has 5 rings (SSSR count). The number of hydrogen-bond acceptors (Lipinski definition) is 5. The molecule has 6 nitrogen and oxygen atoms in total. The molecule has 174 valence electrons. The van der Waals surface area contributed by atoms with Gasteiger partial charge >= 0.3 is 0 Å². The smallest absolute Gasteiger partial charge is 0.241 e. The molecule has 1 aliphatic rings. The number of nitrogens with one attached hydrogen (secondary N) is 1. The Morgan fingerprint density at radius 3 is 2.47 bits per heavy atom. The number of fused-ring (bicyclic) bond motifs is 1. The van der Waals surface area contributed by atoms with Crippen LogP contribution in [0.5, 0.6) is 0 Å². The van der Waals surface area contributed by atoms with Crippen molar-refractivity contribution in [2.75, 3.05) is 5.73 Å². The average Bonchev–Trinajstić information content (AvgIpc) is 3.22. The second-order valence-electron chi connectivity index (χ2n) is 7.93. The second kappa shape index (κ2) is 9.54. The molecule has 0 unspecified atom stereocenters. The van der Waals surface area contributed by atoms with E-state index in [-0.39, 0.29) is 35.8 Å². The number of hydrogen-bond donors (Lipinski definition) is 2. The summed E-state index contributed by atoms with van der Waals surface area (Å²) in [6.07, 6.45) is 4.28. The molecule has 1 aromatic heterocycles. The van der Waals surface area contributed by atoms with Crippen molar-refractivity contribution in [1.82, 2.24) is 14.7 Å². The molecule has 0 saturated carbocycles. The lowest BCUT2D eigenvalue weighted by atomic mass is 10.0. The predicted octanol–water partition coefficient (Wildman–Crippen LogP) is 4.61. The van der Waals surface area contributed by atoms with Crippen LogP contribution < -0.4 is 10.5 Å². The third-order valence-corrected chi connectivity index (χ3v) is 7.36. The minimum absolute atomic E-state index is 0. The minimum atomic E-state index is -3.85. The molecule has 3 aromatic carbocycles. The lowest BCUT2D eigenvalue weighted by Crippen LogP contribution is -2.27. The Morgan fingerprint density at radius 2 is 1.71 bits per heavy atom. The van der Waals surface area contributed by atoms with Crippen LogP contribution in [0.3, 0.4) is 0 Å². The van der Waals surface area contributed by atoms with Crippen molar-refractivity contribution >= 4 is 29.3 Å². The van der Waals surface area contributed by atoms with Crippen molar-refractivity contribution in [3.63, 3.8) is 0 Å². The van der Waals surface area contributed by atoms with E-state index in [0.29, 0.717) is 23.2 Å². The standard InChI is InChI=1S/C25H21FN4O2S.H2S/c26-21-13-17(9-11-20(21)23-14-29-25(27)15-28-23)19-7-3-4-8-24(19)33(31,32)30-22-12-10-16-5-1-2-6-18(16)22;/h1-9,11,13-15,22,30H,10,12H2,(H2,27,29);1H2/t22-;/m1./s1. The zero-order valence-corrected chi connectivity index (χ0v) is 19.9. The normalized spacial score (nSPS) is 14.9. The van der Waals surface area contributed by atoms with Crippen molar-refractivity contribution in [3.8, 4) is 22.4 Å². The molecular weight excluding hydrogens is 471 g/mol. The van der Waals surface area contributed by atoms with Gasteiger partial charge in [0.1, 0.15) is 11.6 Å². The van der Waals surface area contributed by atoms with Crippen molar-refractivity contribution in [3.05, 3.63) is 96.1 Å². The number of halogens is 1. The third-order valence-electron chi connectivity index (χ3n) is 5.83. The Kier molecular flexibility index (Phi) is 6.70. The molecule has 0 fully saturated rings. The first kappa shape index (κ1) is 23.9. The summed E-state index contributed by atoms with van der Waals surface area (Å²) in [6, 6.07) is 18.7. The van der Waals surface area contributed by atoms with Crippen LogP contribution in [0.25, 0.3) is 22.4 Å². The largest absolute Gasteiger partial charge is 0.382 e. The number of benzene rings is 3. The summed E-state index contributed by atoms with van der Waals surface area (Å²) in [4.78, 5) is 8.17. The molecule has 0 saturated heterocycles. The molecule has 3 N–H and O–H groups in total. The maximum absolute atomic E-state index is 15.0. The Morgan fingerprint density at radius 1 is 0.941 bits per heavy atom. The van der Waals surface area contributed by atoms with Gasteiger partial charge in [-0.15, -0.1) is 0 Å². The molecule has 4 aromatic rings. The number of sulfonamides is 1. The van der Waals surface area contributed by atoms with Crippen molar-refractivity contribution < 1.29 is 12.8 Å². The van der Waals surface area contributed by atoms with Gasteiger partial charge in [-0.25, -0.2) is 22.5 Å². The monoisotopic (exact) mass is 494 g/mol. The third kappa shape index (κ3) is 4.54. The predicted molar refractivity (Wildman–Crippen MR) is 135 cm³/mol. The van der Waals surface area contributed by atoms with E-state index >= 15 is 0 Å². The highest BCUT2D eigenvalue weighted by Gasteiger charge is 2.28. The molecule has 1 heterocycles. The number of aryl methyl sites for hydroxylation is 1. The molecular formula is C25H23FN4O2S2. The fraction of sp³-hybridized carbons (Fsp3) is 0.120. The quantitative estimate of drug-likeness (QED) is 0.422. The molecule has 0 spiro atoms. The summed E-state index contributed by atoms with van der Waals surface area (Å²) < 4.78 is 44.5. The van der Waals surface area contributed by atoms with Gasteiger partial charge in [-0.05, 0) is 47.7 Å². The van der Waals surface area contributed by atoms with Crippen LogP contribution in [-0.2, 0) is 16.4 Å². The first-order chi connectivity index (χ1) is 15.9. The number of rotatable bonds is 5. The summed E-state index contributed by atoms with van der Waals surface area (Å²) in [5.41, 5.74) is 9.18. The minimum Gasteiger partial charge on any atom is -0.382 e. The summed E-state index contributed by atoms with van der Waals surface area (Å²) in [6.45, 7) is 0. The van der Waals surface area contributed by atoms with Gasteiger partial charge in [-0.2, -0.15) is 13.5 Å². The van der Waals surface area contributed by atoms with Crippen LogP contribution in [0.1, 0.15) is 23.6 Å². The van der Waals surface area contributed by atoms with Gasteiger partial charge in [0, 0.05) is 17.2 Å². The first-order valence-electron chi connectivity index (χ1n) is 10.5. The number of nitrogens with two attached hydrogens (primary N) is 1. The summed E-state index contributed by atoms with van der Waals surface area (Å²) >= 11 is 0. The van der Waals surface area contributed by atoms with Crippen LogP contribution in [-0.4, -0.2) is 18.4 Å². The molecule has 0 radical (unpaired) electrons. The fourth-order valence-electron chi connectivity index (χ4n) is 4.24. The van der Waals surface area contributed by atoms with Gasteiger partial charge in [-0.1, -0.05) is 48.5 Å². The van der Waals surface area contributed by atoms with Crippen LogP contribution in [0, 0.1) is 5.82 Å². The highest BCUT2D eigenvalue weighted by molar-refractivity contribution is 7.89. The van der Waals surface area contributed by atoms with Crippen molar-refractivity contribution in [2.45, 2.75) is 23.8 Å². The van der Waals surface area contributed by atoms with Crippen LogP contribution in [0.2, 0.25) is 0 Å². The van der Waals surface area contributed by atoms with Gasteiger partial charge in [0.2, 0.25) is 10.0 Å². The van der Waals surface area contributed by atoms with E-state index in [9.17, 15) is 12.8 Å². The number of anilines is 1. The number of aromatic nitrogens is 2. The van der Waals surface area contributed by atoms with Gasteiger partial charge in [0.15, 0.2) is 0 Å². The summed E-state index contributed by atoms with van der Waals surface area (Å²) in [5.74, 6) is -0.288. The van der Waals surface area contributed by atoms with Crippen molar-refractivity contribution in [1.29, 1.82) is 0 Å². The van der Waals surface area contributed by atoms with E-state index in [1.165, 1.54) is 24.5 Å². The van der Waals surface area contributed by atoms with Gasteiger partial charge in [0.25, 0.3) is 0 Å². The first-order valence-corrected chi connectivity index (χ1v) is 12.0. The summed E-state index contributed by atoms with van der Waals surface area (Å²) in [5, 5.41) is 0. The Bertz CT molecular complexity index is 1440. The SMILES string of the molecule is Nc1cnc(-c2ccc(-c3ccccc3S(=O)(=O)N[C@@H]3CCc4ccccc43)cc2F)cn1.S. The van der Waals surface area contributed by atoms with Crippen LogP contribution in [0.4, 0.5) is 10.2 Å². The molecule has 1 atom stereocenters. The number of nitrogen functional groups attached to an aromatic ring is 1. The van der Waals surface area contributed by atoms with E-state index in [1.54, 1.807) is 30.3 Å². The maximum atomic E-state index is 15.0. The molecule has 9 heteroatoms. The molecule has 0 aliphatic heterocycles. The van der Waals surface area contributed by atoms with Gasteiger partial charge in [-0.3, -0.25) is 4.98 Å². The maximum Gasteiger partial charge on any atom is 0.241 e. The average molecular weight is 495 g/mol. The topological polar surface area (TPSA) is 98.0 Å². The Hall–Kier alpha value is -3.27. The van der Waals surface area contributed by atoms with Gasteiger partial charge in [0.05, 0.1) is 23.0 Å². The van der Waals surface area contributed by atoms with E-state index < -0.39 is 15.8 Å². The van der Waals surface area contributed by atoms with E-state index in [4.69, 9.17) is 5.73 Å². The molecule has 34 heavy (non-hydrogen) atoms. The lowest BCUT2D eigenvalue weighted by Gasteiger charge is -2.17. The Labute approximate surface area is 204 Å². The summed E-state index contributed by atoms with van der Waals surface area (Å²) in [7, 11) is -3.85. The number of nitrogens with zero attached hydrogens (tertiary/aromatic N) is 2. The second-order valence-corrected chi connectivity index (χ2v) is 9.61. The molecule has 0 amide bonds.